The van der Waals surface area contributed by atoms with Gasteiger partial charge in [0.25, 0.3) is 5.91 Å². The van der Waals surface area contributed by atoms with Crippen molar-refractivity contribution < 1.29 is 23.8 Å². The van der Waals surface area contributed by atoms with Gasteiger partial charge in [0, 0.05) is 35.5 Å². The standard InChI is InChI=1S/C28H27F2N5O3/c1-14-13-35-23(25(31)32-14)22(33-26(35)16-11-28(2,38)12-16)19-6-7-20-18(21(19)30)8-9-34(20)27(37)24(36)15-4-3-5-17(29)10-15/h3-7,10,13,16,24,36,38H,8-9,11-12H2,1-2H3,(H2,31,32)/t16?,24-,28?/m1/s1. The summed E-state index contributed by atoms with van der Waals surface area (Å²) in [6, 6.07) is 8.40. The van der Waals surface area contributed by atoms with Crippen LogP contribution in [0.15, 0.2) is 42.6 Å². The fourth-order valence-corrected chi connectivity index (χ4v) is 5.77. The van der Waals surface area contributed by atoms with E-state index < -0.39 is 29.2 Å². The van der Waals surface area contributed by atoms with E-state index in [0.717, 1.165) is 6.07 Å². The topological polar surface area (TPSA) is 117 Å². The number of aliphatic hydroxyl groups excluding tert-OH is 1. The number of benzene rings is 2. The van der Waals surface area contributed by atoms with Crippen molar-refractivity contribution in [2.75, 3.05) is 17.2 Å². The number of hydrogen-bond acceptors (Lipinski definition) is 6. The average Bonchev–Trinajstić information content (AvgIpc) is 3.44. The number of fused-ring (bicyclic) bond motifs is 2. The second-order valence-corrected chi connectivity index (χ2v) is 10.5. The third-order valence-electron chi connectivity index (χ3n) is 7.55. The molecule has 2 aromatic carbocycles. The van der Waals surface area contributed by atoms with Crippen LogP contribution in [0.4, 0.5) is 20.3 Å². The Balaban J connectivity index is 1.40. The minimum Gasteiger partial charge on any atom is -0.390 e. The molecular formula is C28H27F2N5O3. The van der Waals surface area contributed by atoms with Crippen LogP contribution in [0.3, 0.4) is 0 Å². The van der Waals surface area contributed by atoms with Crippen LogP contribution in [-0.2, 0) is 11.2 Å². The zero-order chi connectivity index (χ0) is 26.9. The van der Waals surface area contributed by atoms with Crippen molar-refractivity contribution in [3.63, 3.8) is 0 Å². The molecule has 1 fully saturated rings. The first-order valence-electron chi connectivity index (χ1n) is 12.5. The molecule has 4 N–H and O–H groups in total. The molecule has 0 unspecified atom stereocenters. The zero-order valence-electron chi connectivity index (χ0n) is 20.9. The van der Waals surface area contributed by atoms with Gasteiger partial charge in [0.2, 0.25) is 0 Å². The normalized spacial score (nSPS) is 21.4. The van der Waals surface area contributed by atoms with E-state index >= 15 is 4.39 Å². The number of anilines is 2. The van der Waals surface area contributed by atoms with Gasteiger partial charge in [-0.3, -0.25) is 9.20 Å². The summed E-state index contributed by atoms with van der Waals surface area (Å²) < 4.78 is 31.5. The van der Waals surface area contributed by atoms with Crippen molar-refractivity contribution >= 4 is 22.9 Å². The Hall–Kier alpha value is -3.89. The van der Waals surface area contributed by atoms with Crippen molar-refractivity contribution in [3.05, 3.63) is 76.9 Å². The lowest BCUT2D eigenvalue weighted by molar-refractivity contribution is -0.126. The number of nitrogens with two attached hydrogens (primary N) is 1. The highest BCUT2D eigenvalue weighted by molar-refractivity contribution is 5.99. The third kappa shape index (κ3) is 3.83. The number of carbonyl (C=O) groups excluding carboxylic acids is 1. The molecular weight excluding hydrogens is 492 g/mol. The fraction of sp³-hybridized carbons (Fsp3) is 0.321. The van der Waals surface area contributed by atoms with Crippen molar-refractivity contribution in [2.45, 2.75) is 50.7 Å². The van der Waals surface area contributed by atoms with Gasteiger partial charge in [-0.1, -0.05) is 12.1 Å². The first kappa shape index (κ1) is 24.4. The molecule has 4 aromatic rings. The molecule has 38 heavy (non-hydrogen) atoms. The molecule has 2 aromatic heterocycles. The van der Waals surface area contributed by atoms with Crippen molar-refractivity contribution in [1.82, 2.24) is 14.4 Å². The Bertz CT molecular complexity index is 1610. The van der Waals surface area contributed by atoms with E-state index in [1.807, 2.05) is 17.5 Å². The quantitative estimate of drug-likeness (QED) is 0.378. The largest absolute Gasteiger partial charge is 0.390 e. The number of halogens is 2. The molecule has 1 saturated carbocycles. The van der Waals surface area contributed by atoms with Crippen molar-refractivity contribution in [3.8, 4) is 11.3 Å². The number of nitrogen functional groups attached to an aromatic ring is 1. The maximum absolute atomic E-state index is 16.0. The smallest absolute Gasteiger partial charge is 0.260 e. The van der Waals surface area contributed by atoms with Gasteiger partial charge >= 0.3 is 0 Å². The first-order valence-corrected chi connectivity index (χ1v) is 12.5. The van der Waals surface area contributed by atoms with Crippen LogP contribution >= 0.6 is 0 Å². The maximum atomic E-state index is 16.0. The summed E-state index contributed by atoms with van der Waals surface area (Å²) in [7, 11) is 0. The highest BCUT2D eigenvalue weighted by Crippen LogP contribution is 2.46. The molecule has 0 radical (unpaired) electrons. The number of rotatable bonds is 4. The molecule has 0 saturated heterocycles. The molecule has 1 atom stereocenters. The van der Waals surface area contributed by atoms with Gasteiger partial charge in [0.1, 0.15) is 34.5 Å². The molecule has 1 amide bonds. The van der Waals surface area contributed by atoms with Gasteiger partial charge in [-0.25, -0.2) is 18.7 Å². The Labute approximate surface area is 217 Å². The second kappa shape index (κ2) is 8.57. The van der Waals surface area contributed by atoms with E-state index in [9.17, 15) is 19.4 Å². The number of amides is 1. The number of nitrogens with zero attached hydrogens (tertiary/aromatic N) is 4. The summed E-state index contributed by atoms with van der Waals surface area (Å²) in [5, 5.41) is 20.9. The van der Waals surface area contributed by atoms with Gasteiger partial charge in [0.05, 0.1) is 11.3 Å². The Morgan fingerprint density at radius 3 is 2.68 bits per heavy atom. The molecule has 2 aliphatic rings. The summed E-state index contributed by atoms with van der Waals surface area (Å²) >= 11 is 0. The van der Waals surface area contributed by atoms with Crippen molar-refractivity contribution in [1.29, 1.82) is 0 Å². The molecule has 3 heterocycles. The molecule has 0 spiro atoms. The molecule has 6 rings (SSSR count). The summed E-state index contributed by atoms with van der Waals surface area (Å²) in [6.45, 7) is 3.77. The SMILES string of the molecule is Cc1cn2c(C3CC(C)(O)C3)nc(-c3ccc4c(c3F)CCN4C(=O)[C@H](O)c3cccc(F)c3)c2c(N)n1. The van der Waals surface area contributed by atoms with E-state index in [-0.39, 0.29) is 35.8 Å². The van der Waals surface area contributed by atoms with Crippen LogP contribution in [0.1, 0.15) is 54.4 Å². The van der Waals surface area contributed by atoms with Crippen LogP contribution in [0.25, 0.3) is 16.8 Å². The molecule has 8 nitrogen and oxygen atoms in total. The Morgan fingerprint density at radius 1 is 1.21 bits per heavy atom. The summed E-state index contributed by atoms with van der Waals surface area (Å²) in [4.78, 5) is 23.6. The van der Waals surface area contributed by atoms with Gasteiger partial charge in [-0.2, -0.15) is 0 Å². The predicted molar refractivity (Wildman–Crippen MR) is 138 cm³/mol. The molecule has 196 valence electrons. The van der Waals surface area contributed by atoms with E-state index in [1.54, 1.807) is 19.1 Å². The fourth-order valence-electron chi connectivity index (χ4n) is 5.77. The van der Waals surface area contributed by atoms with Crippen LogP contribution in [0, 0.1) is 18.6 Å². The summed E-state index contributed by atoms with van der Waals surface area (Å²) in [5.41, 5.74) is 8.10. The van der Waals surface area contributed by atoms with Gasteiger partial charge < -0.3 is 20.8 Å². The number of hydrogen-bond donors (Lipinski definition) is 3. The average molecular weight is 520 g/mol. The summed E-state index contributed by atoms with van der Waals surface area (Å²) in [5.74, 6) is -0.842. The lowest BCUT2D eigenvalue weighted by Gasteiger charge is -2.40. The van der Waals surface area contributed by atoms with Crippen LogP contribution < -0.4 is 10.6 Å². The number of aliphatic hydroxyl groups is 2. The number of aryl methyl sites for hydroxylation is 1. The predicted octanol–water partition coefficient (Wildman–Crippen LogP) is 3.82. The maximum Gasteiger partial charge on any atom is 0.260 e. The molecule has 1 aliphatic carbocycles. The van der Waals surface area contributed by atoms with E-state index in [2.05, 4.69) is 4.98 Å². The Kier molecular flexibility index (Phi) is 5.51. The van der Waals surface area contributed by atoms with Gasteiger partial charge in [0.15, 0.2) is 6.10 Å². The first-order chi connectivity index (χ1) is 18.0. The zero-order valence-corrected chi connectivity index (χ0v) is 20.9. The lowest BCUT2D eigenvalue weighted by Crippen LogP contribution is -2.40. The Morgan fingerprint density at radius 2 is 1.97 bits per heavy atom. The number of aromatic nitrogens is 3. The minimum absolute atomic E-state index is 0.0117. The molecule has 1 aliphatic heterocycles. The molecule has 0 bridgehead atoms. The summed E-state index contributed by atoms with van der Waals surface area (Å²) in [6.07, 6.45) is 1.54. The van der Waals surface area contributed by atoms with E-state index in [0.29, 0.717) is 46.8 Å². The van der Waals surface area contributed by atoms with E-state index in [4.69, 9.17) is 10.7 Å². The second-order valence-electron chi connectivity index (χ2n) is 10.5. The van der Waals surface area contributed by atoms with Gasteiger partial charge in [-0.05, 0) is 62.9 Å². The van der Waals surface area contributed by atoms with Crippen LogP contribution in [0.2, 0.25) is 0 Å². The lowest BCUT2D eigenvalue weighted by atomic mass is 9.72. The van der Waals surface area contributed by atoms with Crippen LogP contribution in [-0.4, -0.2) is 42.6 Å². The highest BCUT2D eigenvalue weighted by Gasteiger charge is 2.42. The van der Waals surface area contributed by atoms with Crippen LogP contribution in [0.5, 0.6) is 0 Å². The number of imidazole rings is 1. The van der Waals surface area contributed by atoms with Crippen molar-refractivity contribution in [2.24, 2.45) is 0 Å². The minimum atomic E-state index is -1.58. The highest BCUT2D eigenvalue weighted by atomic mass is 19.1. The van der Waals surface area contributed by atoms with Gasteiger partial charge in [-0.15, -0.1) is 0 Å². The number of carbonyl (C=O) groups is 1. The van der Waals surface area contributed by atoms with E-state index in [1.165, 1.54) is 23.1 Å². The third-order valence-corrected chi connectivity index (χ3v) is 7.55. The molecule has 10 heteroatoms. The monoisotopic (exact) mass is 519 g/mol.